The van der Waals surface area contributed by atoms with E-state index >= 15 is 0 Å². The highest BCUT2D eigenvalue weighted by Crippen LogP contribution is 2.41. The number of aromatic amines is 1. The lowest BCUT2D eigenvalue weighted by atomic mass is 10.0. The molecule has 0 bridgehead atoms. The topological polar surface area (TPSA) is 110 Å². The first-order valence-electron chi connectivity index (χ1n) is 11.5. The molecule has 184 valence electrons. The van der Waals surface area contributed by atoms with E-state index in [-0.39, 0.29) is 23.8 Å². The van der Waals surface area contributed by atoms with Crippen molar-refractivity contribution < 1.29 is 22.7 Å². The minimum atomic E-state index is -3.28. The Bertz CT molecular complexity index is 1730. The van der Waals surface area contributed by atoms with Gasteiger partial charge in [-0.15, -0.1) is 0 Å². The summed E-state index contributed by atoms with van der Waals surface area (Å²) < 4.78 is 37.4. The number of nitrogens with one attached hydrogen (secondary N) is 1. The number of rotatable bonds is 3. The maximum Gasteiger partial charge on any atom is 0.272 e. The van der Waals surface area contributed by atoms with Gasteiger partial charge in [-0.25, -0.2) is 8.42 Å². The molecule has 2 aromatic heterocycles. The first-order chi connectivity index (χ1) is 17.2. The maximum atomic E-state index is 14.0. The van der Waals surface area contributed by atoms with E-state index in [0.29, 0.717) is 58.3 Å². The van der Waals surface area contributed by atoms with Gasteiger partial charge in [0, 0.05) is 18.0 Å². The number of aryl methyl sites for hydroxylation is 1. The predicted octanol–water partition coefficient (Wildman–Crippen LogP) is 3.08. The number of fused-ring (bicyclic) bond motifs is 3. The van der Waals surface area contributed by atoms with Crippen LogP contribution in [-0.2, 0) is 22.1 Å². The van der Waals surface area contributed by atoms with Crippen LogP contribution in [0.15, 0.2) is 53.5 Å². The molecule has 0 saturated carbocycles. The van der Waals surface area contributed by atoms with Crippen LogP contribution >= 0.6 is 0 Å². The number of anilines is 1. The van der Waals surface area contributed by atoms with Gasteiger partial charge in [-0.05, 0) is 48.4 Å². The number of carbonyl (C=O) groups is 1. The minimum Gasteiger partial charge on any atom is -0.486 e. The molecular formula is C26H23N3O6S. The van der Waals surface area contributed by atoms with Crippen molar-refractivity contribution in [3.05, 3.63) is 81.4 Å². The molecule has 10 heteroatoms. The molecule has 0 radical (unpaired) electrons. The van der Waals surface area contributed by atoms with Crippen LogP contribution in [0, 0.1) is 6.92 Å². The Morgan fingerprint density at radius 2 is 1.92 bits per heavy atom. The summed E-state index contributed by atoms with van der Waals surface area (Å²) >= 11 is 0. The molecule has 0 spiro atoms. The van der Waals surface area contributed by atoms with E-state index in [4.69, 9.17) is 9.47 Å². The van der Waals surface area contributed by atoms with Gasteiger partial charge in [0.05, 0.1) is 34.9 Å². The van der Waals surface area contributed by atoms with Crippen molar-refractivity contribution in [1.82, 2.24) is 9.38 Å². The van der Waals surface area contributed by atoms with Crippen LogP contribution in [0.3, 0.4) is 0 Å². The Balaban J connectivity index is 1.59. The van der Waals surface area contributed by atoms with Crippen molar-refractivity contribution in [1.29, 1.82) is 0 Å². The molecule has 0 saturated heterocycles. The zero-order valence-corrected chi connectivity index (χ0v) is 20.5. The van der Waals surface area contributed by atoms with Gasteiger partial charge in [-0.2, -0.15) is 0 Å². The lowest BCUT2D eigenvalue weighted by Gasteiger charge is -2.26. The van der Waals surface area contributed by atoms with Gasteiger partial charge in [0.1, 0.15) is 18.7 Å². The number of carbonyl (C=O) groups excluding carboxylic acids is 1. The molecule has 0 fully saturated rings. The van der Waals surface area contributed by atoms with E-state index in [9.17, 15) is 18.0 Å². The van der Waals surface area contributed by atoms with Crippen molar-refractivity contribution in [3.63, 3.8) is 0 Å². The first-order valence-corrected chi connectivity index (χ1v) is 13.5. The zero-order valence-electron chi connectivity index (χ0n) is 19.7. The highest BCUT2D eigenvalue weighted by Gasteiger charge is 2.31. The second kappa shape index (κ2) is 7.99. The molecule has 0 aliphatic carbocycles. The molecule has 36 heavy (non-hydrogen) atoms. The maximum absolute atomic E-state index is 14.0. The van der Waals surface area contributed by atoms with Crippen LogP contribution in [0.2, 0.25) is 0 Å². The average molecular weight is 506 g/mol. The Hall–Kier alpha value is -4.05. The Labute approximate surface area is 206 Å². The number of sulfone groups is 1. The highest BCUT2D eigenvalue weighted by molar-refractivity contribution is 7.89. The van der Waals surface area contributed by atoms with Crippen molar-refractivity contribution >= 4 is 26.9 Å². The summed E-state index contributed by atoms with van der Waals surface area (Å²) in [6.45, 7) is 2.78. The minimum absolute atomic E-state index is 0.138. The van der Waals surface area contributed by atoms with Gasteiger partial charge in [-0.1, -0.05) is 12.1 Å². The normalized spacial score (nSPS) is 14.4. The standard InChI is InChI=1S/C26H23N3O6S/c1-15-10-21-19-11-16(14-36(2,32)33)6-7-20(19)28(13-17-12-27-25(30)23(15)29(17)21)26(31)18-4-3-5-22-24(18)35-9-8-34-22/h3-7,10-12H,8-9,13-14H2,1-2H3,(H,27,30). The SMILES string of the molecule is Cc1cc2n3c(c[nH]c(=O)c13)CN(C(=O)c1cccc3c1OCCO3)c1ccc(CS(C)(=O)=O)cc1-2. The van der Waals surface area contributed by atoms with Crippen LogP contribution in [0.4, 0.5) is 5.69 Å². The third-order valence-corrected chi connectivity index (χ3v) is 7.34. The molecule has 1 amide bonds. The van der Waals surface area contributed by atoms with Gasteiger partial charge in [0.2, 0.25) is 0 Å². The van der Waals surface area contributed by atoms with Gasteiger partial charge in [0.15, 0.2) is 21.3 Å². The number of nitrogens with zero attached hydrogens (tertiary/aromatic N) is 2. The third kappa shape index (κ3) is 3.56. The Kier molecular flexibility index (Phi) is 4.97. The lowest BCUT2D eigenvalue weighted by Crippen LogP contribution is -2.32. The first kappa shape index (κ1) is 22.4. The molecule has 2 aliphatic heterocycles. The highest BCUT2D eigenvalue weighted by atomic mass is 32.2. The Morgan fingerprint density at radius 1 is 1.11 bits per heavy atom. The number of aromatic nitrogens is 2. The zero-order chi connectivity index (χ0) is 25.2. The van der Waals surface area contributed by atoms with Crippen LogP contribution in [0.25, 0.3) is 16.8 Å². The molecular weight excluding hydrogens is 482 g/mol. The van der Waals surface area contributed by atoms with Gasteiger partial charge < -0.3 is 23.8 Å². The van der Waals surface area contributed by atoms with Crippen LogP contribution in [-0.4, -0.2) is 43.2 Å². The van der Waals surface area contributed by atoms with Gasteiger partial charge >= 0.3 is 0 Å². The fourth-order valence-electron chi connectivity index (χ4n) is 5.04. The second-order valence-electron chi connectivity index (χ2n) is 9.15. The molecule has 2 aliphatic rings. The number of para-hydroxylation sites is 1. The van der Waals surface area contributed by atoms with Gasteiger partial charge in [0.25, 0.3) is 11.5 Å². The summed E-state index contributed by atoms with van der Waals surface area (Å²) in [6.07, 6.45) is 2.80. The summed E-state index contributed by atoms with van der Waals surface area (Å²) in [7, 11) is -3.28. The summed E-state index contributed by atoms with van der Waals surface area (Å²) in [5.41, 5.74) is 4.70. The number of H-pyrrole nitrogens is 1. The molecule has 2 aromatic carbocycles. The summed E-state index contributed by atoms with van der Waals surface area (Å²) in [6, 6.07) is 12.4. The molecule has 0 atom stereocenters. The molecule has 1 N–H and O–H groups in total. The summed E-state index contributed by atoms with van der Waals surface area (Å²) in [5, 5.41) is 0. The molecule has 0 unspecified atom stereocenters. The number of amides is 1. The fraction of sp³-hybridized carbons (Fsp3) is 0.231. The average Bonchev–Trinajstić information content (AvgIpc) is 3.14. The third-order valence-electron chi connectivity index (χ3n) is 6.48. The predicted molar refractivity (Wildman–Crippen MR) is 135 cm³/mol. The smallest absolute Gasteiger partial charge is 0.272 e. The Morgan fingerprint density at radius 3 is 2.72 bits per heavy atom. The van der Waals surface area contributed by atoms with Crippen LogP contribution in [0.5, 0.6) is 11.5 Å². The molecule has 4 heterocycles. The number of ether oxygens (including phenoxy) is 2. The second-order valence-corrected chi connectivity index (χ2v) is 11.3. The molecule has 9 nitrogen and oxygen atoms in total. The van der Waals surface area contributed by atoms with Crippen molar-refractivity contribution in [3.8, 4) is 22.8 Å². The monoisotopic (exact) mass is 505 g/mol. The van der Waals surface area contributed by atoms with E-state index in [0.717, 1.165) is 11.3 Å². The van der Waals surface area contributed by atoms with Gasteiger partial charge in [-0.3, -0.25) is 9.59 Å². The number of benzene rings is 2. The van der Waals surface area contributed by atoms with E-state index in [2.05, 4.69) is 4.98 Å². The van der Waals surface area contributed by atoms with E-state index in [1.54, 1.807) is 47.5 Å². The van der Waals surface area contributed by atoms with E-state index in [1.807, 2.05) is 17.4 Å². The summed E-state index contributed by atoms with van der Waals surface area (Å²) in [4.78, 5) is 31.2. The largest absolute Gasteiger partial charge is 0.486 e. The van der Waals surface area contributed by atoms with Crippen molar-refractivity contribution in [2.75, 3.05) is 24.4 Å². The van der Waals surface area contributed by atoms with Crippen molar-refractivity contribution in [2.24, 2.45) is 0 Å². The number of hydrogen-bond acceptors (Lipinski definition) is 6. The molecule has 6 rings (SSSR count). The quantitative estimate of drug-likeness (QED) is 0.458. The number of hydrogen-bond donors (Lipinski definition) is 1. The van der Waals surface area contributed by atoms with Crippen LogP contribution in [0.1, 0.15) is 27.2 Å². The van der Waals surface area contributed by atoms with Crippen LogP contribution < -0.4 is 19.9 Å². The fourth-order valence-corrected chi connectivity index (χ4v) is 5.83. The van der Waals surface area contributed by atoms with Crippen molar-refractivity contribution in [2.45, 2.75) is 19.2 Å². The lowest BCUT2D eigenvalue weighted by molar-refractivity contribution is 0.0974. The van der Waals surface area contributed by atoms with E-state index < -0.39 is 9.84 Å². The summed E-state index contributed by atoms with van der Waals surface area (Å²) in [5.74, 6) is 0.479. The molecule has 4 aromatic rings. The van der Waals surface area contributed by atoms with E-state index in [1.165, 1.54) is 6.26 Å².